The van der Waals surface area contributed by atoms with E-state index in [1.54, 1.807) is 0 Å². The molecule has 2 heterocycles. The molecule has 0 fully saturated rings. The first-order valence-corrected chi connectivity index (χ1v) is 5.84. The van der Waals surface area contributed by atoms with Crippen LogP contribution in [-0.4, -0.2) is 26.7 Å². The lowest BCUT2D eigenvalue weighted by molar-refractivity contribution is 0.257. The Morgan fingerprint density at radius 3 is 2.82 bits per heavy atom. The number of aryl methyl sites for hydroxylation is 1. The Bertz CT molecular complexity index is 475. The molecule has 0 aliphatic carbocycles. The highest BCUT2D eigenvalue weighted by Gasteiger charge is 2.13. The van der Waals surface area contributed by atoms with Crippen molar-refractivity contribution < 1.29 is 5.11 Å². The van der Waals surface area contributed by atoms with Gasteiger partial charge in [-0.3, -0.25) is 0 Å². The maximum Gasteiger partial charge on any atom is 0.134 e. The Kier molecular flexibility index (Phi) is 3.54. The molecule has 17 heavy (non-hydrogen) atoms. The summed E-state index contributed by atoms with van der Waals surface area (Å²) < 4.78 is 0. The quantitative estimate of drug-likeness (QED) is 0.848. The van der Waals surface area contributed by atoms with Crippen LogP contribution in [0.5, 0.6) is 0 Å². The minimum absolute atomic E-state index is 0.0209. The van der Waals surface area contributed by atoms with Gasteiger partial charge in [-0.15, -0.1) is 0 Å². The van der Waals surface area contributed by atoms with Crippen LogP contribution in [0, 0.1) is 6.92 Å². The fourth-order valence-corrected chi connectivity index (χ4v) is 1.80. The molecule has 0 aliphatic rings. The fourth-order valence-electron chi connectivity index (χ4n) is 1.80. The molecule has 0 radical (unpaired) electrons. The molecule has 0 amide bonds. The third kappa shape index (κ3) is 2.53. The van der Waals surface area contributed by atoms with E-state index < -0.39 is 0 Å². The molecule has 4 nitrogen and oxygen atoms in total. The van der Waals surface area contributed by atoms with Gasteiger partial charge in [-0.1, -0.05) is 6.92 Å². The second kappa shape index (κ2) is 5.10. The molecule has 2 rings (SSSR count). The van der Waals surface area contributed by atoms with Crippen molar-refractivity contribution in [3.63, 3.8) is 0 Å². The van der Waals surface area contributed by atoms with E-state index in [4.69, 9.17) is 0 Å². The van der Waals surface area contributed by atoms with Gasteiger partial charge in [-0.2, -0.15) is 0 Å². The lowest BCUT2D eigenvalue weighted by Crippen LogP contribution is -2.09. The zero-order chi connectivity index (χ0) is 12.3. The standard InChI is InChI=1S/C13H17N3O/c1-3-10(8-17)13-15-9(2)6-12(16-13)11-4-5-14-7-11/h4-7,10,14,17H,3,8H2,1-2H3. The number of aromatic nitrogens is 3. The third-order valence-electron chi connectivity index (χ3n) is 2.84. The molecule has 0 bridgehead atoms. The van der Waals surface area contributed by atoms with E-state index >= 15 is 0 Å². The molecule has 0 saturated heterocycles. The summed E-state index contributed by atoms with van der Waals surface area (Å²) in [5.74, 6) is 0.749. The zero-order valence-electron chi connectivity index (χ0n) is 10.1. The summed E-state index contributed by atoms with van der Waals surface area (Å²) in [6, 6.07) is 3.93. The van der Waals surface area contributed by atoms with Crippen molar-refractivity contribution in [2.45, 2.75) is 26.2 Å². The highest BCUT2D eigenvalue weighted by Crippen LogP contribution is 2.21. The maximum atomic E-state index is 9.31. The van der Waals surface area contributed by atoms with Crippen LogP contribution in [0.2, 0.25) is 0 Å². The summed E-state index contributed by atoms with van der Waals surface area (Å²) in [6.45, 7) is 4.07. The van der Waals surface area contributed by atoms with E-state index in [-0.39, 0.29) is 12.5 Å². The van der Waals surface area contributed by atoms with E-state index in [9.17, 15) is 5.11 Å². The van der Waals surface area contributed by atoms with Crippen LogP contribution in [-0.2, 0) is 0 Å². The Balaban J connectivity index is 2.42. The van der Waals surface area contributed by atoms with E-state index in [0.29, 0.717) is 0 Å². The number of hydrogen-bond donors (Lipinski definition) is 2. The van der Waals surface area contributed by atoms with Crippen LogP contribution in [0.15, 0.2) is 24.5 Å². The lowest BCUT2D eigenvalue weighted by Gasteiger charge is -2.12. The summed E-state index contributed by atoms with van der Waals surface area (Å²) in [7, 11) is 0. The summed E-state index contributed by atoms with van der Waals surface area (Å²) >= 11 is 0. The summed E-state index contributed by atoms with van der Waals surface area (Å²) in [4.78, 5) is 11.9. The number of aliphatic hydroxyl groups excluding tert-OH is 1. The van der Waals surface area contributed by atoms with Gasteiger partial charge in [0.1, 0.15) is 5.82 Å². The van der Waals surface area contributed by atoms with Crippen molar-refractivity contribution in [1.29, 1.82) is 0 Å². The normalized spacial score (nSPS) is 12.6. The predicted molar refractivity (Wildman–Crippen MR) is 66.7 cm³/mol. The van der Waals surface area contributed by atoms with E-state index in [1.807, 2.05) is 38.4 Å². The molecular formula is C13H17N3O. The van der Waals surface area contributed by atoms with Crippen molar-refractivity contribution in [3.8, 4) is 11.3 Å². The summed E-state index contributed by atoms with van der Waals surface area (Å²) in [6.07, 6.45) is 4.62. The van der Waals surface area contributed by atoms with Gasteiger partial charge in [0.05, 0.1) is 12.3 Å². The number of rotatable bonds is 4. The van der Waals surface area contributed by atoms with Crippen LogP contribution < -0.4 is 0 Å². The first kappa shape index (κ1) is 11.8. The summed E-state index contributed by atoms with van der Waals surface area (Å²) in [5, 5.41) is 9.31. The highest BCUT2D eigenvalue weighted by molar-refractivity contribution is 5.58. The van der Waals surface area contributed by atoms with Crippen molar-refractivity contribution in [1.82, 2.24) is 15.0 Å². The molecule has 2 aromatic rings. The highest BCUT2D eigenvalue weighted by atomic mass is 16.3. The van der Waals surface area contributed by atoms with Gasteiger partial charge >= 0.3 is 0 Å². The van der Waals surface area contributed by atoms with Crippen molar-refractivity contribution >= 4 is 0 Å². The van der Waals surface area contributed by atoms with Crippen molar-refractivity contribution in [3.05, 3.63) is 36.0 Å². The average Bonchev–Trinajstić information content (AvgIpc) is 2.83. The number of nitrogens with zero attached hydrogens (tertiary/aromatic N) is 2. The maximum absolute atomic E-state index is 9.31. The van der Waals surface area contributed by atoms with Crippen LogP contribution in [0.4, 0.5) is 0 Å². The molecule has 0 aromatic carbocycles. The number of H-pyrrole nitrogens is 1. The van der Waals surface area contributed by atoms with Crippen molar-refractivity contribution in [2.24, 2.45) is 0 Å². The molecule has 0 saturated carbocycles. The molecule has 0 aliphatic heterocycles. The van der Waals surface area contributed by atoms with Gasteiger partial charge < -0.3 is 10.1 Å². The van der Waals surface area contributed by atoms with Gasteiger partial charge in [-0.05, 0) is 25.5 Å². The fraction of sp³-hybridized carbons (Fsp3) is 0.385. The Morgan fingerprint density at radius 2 is 2.24 bits per heavy atom. The monoisotopic (exact) mass is 231 g/mol. The molecule has 2 aromatic heterocycles. The van der Waals surface area contributed by atoms with Crippen LogP contribution >= 0.6 is 0 Å². The first-order valence-electron chi connectivity index (χ1n) is 5.84. The van der Waals surface area contributed by atoms with Crippen LogP contribution in [0.3, 0.4) is 0 Å². The van der Waals surface area contributed by atoms with Crippen molar-refractivity contribution in [2.75, 3.05) is 6.61 Å². The minimum atomic E-state index is 0.0209. The SMILES string of the molecule is CCC(CO)c1nc(C)cc(-c2cc[nH]c2)n1. The molecule has 2 N–H and O–H groups in total. The van der Waals surface area contributed by atoms with Gasteiger partial charge in [0, 0.05) is 29.6 Å². The smallest absolute Gasteiger partial charge is 0.134 e. The zero-order valence-corrected chi connectivity index (χ0v) is 10.1. The van der Waals surface area contributed by atoms with E-state index in [2.05, 4.69) is 15.0 Å². The molecular weight excluding hydrogens is 214 g/mol. The lowest BCUT2D eigenvalue weighted by atomic mass is 10.1. The van der Waals surface area contributed by atoms with E-state index in [1.165, 1.54) is 0 Å². The number of aliphatic hydroxyl groups is 1. The molecule has 90 valence electrons. The van der Waals surface area contributed by atoms with Gasteiger partial charge in [-0.25, -0.2) is 9.97 Å². The Hall–Kier alpha value is -1.68. The van der Waals surface area contributed by atoms with E-state index in [0.717, 1.165) is 29.2 Å². The minimum Gasteiger partial charge on any atom is -0.396 e. The van der Waals surface area contributed by atoms with Gasteiger partial charge in [0.2, 0.25) is 0 Å². The topological polar surface area (TPSA) is 61.8 Å². The Labute approximate surface area is 101 Å². The number of hydrogen-bond acceptors (Lipinski definition) is 3. The van der Waals surface area contributed by atoms with Gasteiger partial charge in [0.25, 0.3) is 0 Å². The van der Waals surface area contributed by atoms with Gasteiger partial charge in [0.15, 0.2) is 0 Å². The predicted octanol–water partition coefficient (Wildman–Crippen LogP) is 2.27. The van der Waals surface area contributed by atoms with Crippen LogP contribution in [0.25, 0.3) is 11.3 Å². The first-order chi connectivity index (χ1) is 8.24. The number of nitrogens with one attached hydrogen (secondary N) is 1. The molecule has 1 atom stereocenters. The molecule has 4 heteroatoms. The largest absolute Gasteiger partial charge is 0.396 e. The third-order valence-corrected chi connectivity index (χ3v) is 2.84. The van der Waals surface area contributed by atoms with Crippen LogP contribution in [0.1, 0.15) is 30.8 Å². The average molecular weight is 231 g/mol. The second-order valence-corrected chi connectivity index (χ2v) is 4.14. The second-order valence-electron chi connectivity index (χ2n) is 4.14. The molecule has 0 spiro atoms. The summed E-state index contributed by atoms with van der Waals surface area (Å²) in [5.41, 5.74) is 2.88. The molecule has 1 unspecified atom stereocenters. The number of aromatic amines is 1. The Morgan fingerprint density at radius 1 is 1.41 bits per heavy atom.